The lowest BCUT2D eigenvalue weighted by molar-refractivity contribution is 0.103. The maximum atomic E-state index is 12.3. The van der Waals surface area contributed by atoms with Crippen LogP contribution in [0.4, 0.5) is 0 Å². The van der Waals surface area contributed by atoms with Crippen LogP contribution in [-0.2, 0) is 7.05 Å². The van der Waals surface area contributed by atoms with Gasteiger partial charge in [0.1, 0.15) is 5.69 Å². The predicted molar refractivity (Wildman–Crippen MR) is 66.2 cm³/mol. The van der Waals surface area contributed by atoms with Crippen LogP contribution in [0.3, 0.4) is 0 Å². The summed E-state index contributed by atoms with van der Waals surface area (Å²) in [4.78, 5) is 12.3. The number of methoxy groups -OCH3 is 2. The summed E-state index contributed by atoms with van der Waals surface area (Å²) in [5.74, 6) is 0.765. The second-order valence-electron chi connectivity index (χ2n) is 3.74. The number of ether oxygens (including phenoxy) is 2. The minimum Gasteiger partial charge on any atom is -0.493 e. The van der Waals surface area contributed by atoms with Gasteiger partial charge in [-0.15, -0.1) is 0 Å². The van der Waals surface area contributed by atoms with E-state index in [1.807, 2.05) is 0 Å². The Balaban J connectivity index is 2.47. The Hall–Kier alpha value is -2.30. The summed E-state index contributed by atoms with van der Waals surface area (Å²) in [5, 5.41) is 4.09. The molecule has 0 fully saturated rings. The maximum Gasteiger partial charge on any atom is 0.217 e. The van der Waals surface area contributed by atoms with Crippen molar-refractivity contribution in [1.82, 2.24) is 9.78 Å². The van der Waals surface area contributed by atoms with E-state index in [0.29, 0.717) is 22.8 Å². The van der Waals surface area contributed by atoms with Gasteiger partial charge in [-0.25, -0.2) is 0 Å². The molecule has 0 atom stereocenters. The van der Waals surface area contributed by atoms with Crippen LogP contribution in [0.15, 0.2) is 30.5 Å². The van der Waals surface area contributed by atoms with Crippen molar-refractivity contribution in [3.63, 3.8) is 0 Å². The Kier molecular flexibility index (Phi) is 3.32. The molecule has 0 amide bonds. The van der Waals surface area contributed by atoms with Gasteiger partial charge in [0.25, 0.3) is 0 Å². The van der Waals surface area contributed by atoms with Gasteiger partial charge in [-0.05, 0) is 18.2 Å². The molecule has 5 heteroatoms. The highest BCUT2D eigenvalue weighted by Crippen LogP contribution is 2.31. The lowest BCUT2D eigenvalue weighted by Gasteiger charge is -2.10. The summed E-state index contributed by atoms with van der Waals surface area (Å²) in [6.45, 7) is 0. The smallest absolute Gasteiger partial charge is 0.217 e. The van der Waals surface area contributed by atoms with Gasteiger partial charge in [-0.1, -0.05) is 6.07 Å². The largest absolute Gasteiger partial charge is 0.493 e. The van der Waals surface area contributed by atoms with Crippen LogP contribution < -0.4 is 9.47 Å². The monoisotopic (exact) mass is 246 g/mol. The van der Waals surface area contributed by atoms with Gasteiger partial charge >= 0.3 is 0 Å². The first-order chi connectivity index (χ1) is 8.67. The van der Waals surface area contributed by atoms with Gasteiger partial charge < -0.3 is 9.47 Å². The van der Waals surface area contributed by atoms with Crippen molar-refractivity contribution in [2.75, 3.05) is 14.2 Å². The quantitative estimate of drug-likeness (QED) is 0.770. The fraction of sp³-hybridized carbons (Fsp3) is 0.231. The van der Waals surface area contributed by atoms with Crippen molar-refractivity contribution in [1.29, 1.82) is 0 Å². The molecule has 2 rings (SSSR count). The van der Waals surface area contributed by atoms with Crippen LogP contribution in [0.25, 0.3) is 0 Å². The molecule has 0 spiro atoms. The molecule has 0 saturated carbocycles. The van der Waals surface area contributed by atoms with Crippen molar-refractivity contribution in [2.45, 2.75) is 0 Å². The number of carbonyl (C=O) groups excluding carboxylic acids is 1. The molecule has 0 aliphatic rings. The van der Waals surface area contributed by atoms with Crippen LogP contribution >= 0.6 is 0 Å². The summed E-state index contributed by atoms with van der Waals surface area (Å²) in [7, 11) is 4.81. The zero-order chi connectivity index (χ0) is 13.1. The number of rotatable bonds is 4. The number of ketones is 1. The van der Waals surface area contributed by atoms with E-state index in [-0.39, 0.29) is 5.78 Å². The second kappa shape index (κ2) is 4.91. The molecule has 0 unspecified atom stereocenters. The van der Waals surface area contributed by atoms with Crippen molar-refractivity contribution < 1.29 is 14.3 Å². The van der Waals surface area contributed by atoms with Crippen molar-refractivity contribution in [2.24, 2.45) is 7.05 Å². The molecule has 94 valence electrons. The third-order valence-electron chi connectivity index (χ3n) is 2.59. The van der Waals surface area contributed by atoms with Gasteiger partial charge in [0, 0.05) is 13.2 Å². The SMILES string of the molecule is COc1cccc(C(=O)c2ccn(C)n2)c1OC. The molecule has 1 heterocycles. The van der Waals surface area contributed by atoms with Crippen LogP contribution in [0.5, 0.6) is 11.5 Å². The lowest BCUT2D eigenvalue weighted by Crippen LogP contribution is -2.06. The molecular formula is C13H14N2O3. The summed E-state index contributed by atoms with van der Waals surface area (Å²) < 4.78 is 12.0. The van der Waals surface area contributed by atoms with Crippen LogP contribution in [0, 0.1) is 0 Å². The number of hydrogen-bond donors (Lipinski definition) is 0. The molecule has 18 heavy (non-hydrogen) atoms. The Morgan fingerprint density at radius 1 is 1.22 bits per heavy atom. The average molecular weight is 246 g/mol. The van der Waals surface area contributed by atoms with E-state index >= 15 is 0 Å². The minimum absolute atomic E-state index is 0.189. The van der Waals surface area contributed by atoms with E-state index in [1.54, 1.807) is 42.2 Å². The number of para-hydroxylation sites is 1. The lowest BCUT2D eigenvalue weighted by atomic mass is 10.1. The van der Waals surface area contributed by atoms with Gasteiger partial charge in [0.05, 0.1) is 19.8 Å². The fourth-order valence-corrected chi connectivity index (χ4v) is 1.74. The summed E-state index contributed by atoms with van der Waals surface area (Å²) in [6, 6.07) is 6.85. The zero-order valence-corrected chi connectivity index (χ0v) is 10.5. The molecule has 0 bridgehead atoms. The minimum atomic E-state index is -0.189. The zero-order valence-electron chi connectivity index (χ0n) is 10.5. The third kappa shape index (κ3) is 2.07. The van der Waals surface area contributed by atoms with E-state index in [0.717, 1.165) is 0 Å². The van der Waals surface area contributed by atoms with Gasteiger partial charge in [-0.3, -0.25) is 9.48 Å². The molecule has 0 saturated heterocycles. The average Bonchev–Trinajstić information content (AvgIpc) is 2.83. The van der Waals surface area contributed by atoms with Crippen molar-refractivity contribution >= 4 is 5.78 Å². The van der Waals surface area contributed by atoms with Crippen LogP contribution in [-0.4, -0.2) is 29.8 Å². The Morgan fingerprint density at radius 3 is 2.56 bits per heavy atom. The standard InChI is InChI=1S/C13H14N2O3/c1-15-8-7-10(14-15)12(16)9-5-4-6-11(17-2)13(9)18-3/h4-8H,1-3H3. The first kappa shape index (κ1) is 12.2. The van der Waals surface area contributed by atoms with E-state index < -0.39 is 0 Å². The molecule has 2 aromatic rings. The number of benzene rings is 1. The highest BCUT2D eigenvalue weighted by Gasteiger charge is 2.19. The Bertz CT molecular complexity index is 575. The molecule has 0 aliphatic heterocycles. The molecule has 0 radical (unpaired) electrons. The molecule has 1 aromatic heterocycles. The van der Waals surface area contributed by atoms with E-state index in [9.17, 15) is 4.79 Å². The highest BCUT2D eigenvalue weighted by molar-refractivity contribution is 6.09. The maximum absolute atomic E-state index is 12.3. The fourth-order valence-electron chi connectivity index (χ4n) is 1.74. The first-order valence-electron chi connectivity index (χ1n) is 5.42. The first-order valence-corrected chi connectivity index (χ1v) is 5.42. The topological polar surface area (TPSA) is 53.4 Å². The summed E-state index contributed by atoms with van der Waals surface area (Å²) in [6.07, 6.45) is 1.72. The second-order valence-corrected chi connectivity index (χ2v) is 3.74. The van der Waals surface area contributed by atoms with E-state index in [1.165, 1.54) is 14.2 Å². The normalized spacial score (nSPS) is 10.2. The molecule has 5 nitrogen and oxygen atoms in total. The number of aryl methyl sites for hydroxylation is 1. The van der Waals surface area contributed by atoms with Crippen molar-refractivity contribution in [3.8, 4) is 11.5 Å². The van der Waals surface area contributed by atoms with Gasteiger partial charge in [0.15, 0.2) is 11.5 Å². The van der Waals surface area contributed by atoms with Gasteiger partial charge in [0.2, 0.25) is 5.78 Å². The third-order valence-corrected chi connectivity index (χ3v) is 2.59. The predicted octanol–water partition coefficient (Wildman–Crippen LogP) is 1.67. The summed E-state index contributed by atoms with van der Waals surface area (Å²) in [5.41, 5.74) is 0.819. The van der Waals surface area contributed by atoms with Crippen LogP contribution in [0.2, 0.25) is 0 Å². The Labute approximate surface area is 105 Å². The molecule has 0 aliphatic carbocycles. The molecule has 0 N–H and O–H groups in total. The number of aromatic nitrogens is 2. The van der Waals surface area contributed by atoms with E-state index in [4.69, 9.17) is 9.47 Å². The molecule has 1 aromatic carbocycles. The van der Waals surface area contributed by atoms with Crippen molar-refractivity contribution in [3.05, 3.63) is 41.7 Å². The number of hydrogen-bond acceptors (Lipinski definition) is 4. The summed E-state index contributed by atoms with van der Waals surface area (Å²) >= 11 is 0. The molecular weight excluding hydrogens is 232 g/mol. The van der Waals surface area contributed by atoms with E-state index in [2.05, 4.69) is 5.10 Å². The van der Waals surface area contributed by atoms with Crippen LogP contribution in [0.1, 0.15) is 16.1 Å². The Morgan fingerprint density at radius 2 is 2.00 bits per heavy atom. The van der Waals surface area contributed by atoms with Gasteiger partial charge in [-0.2, -0.15) is 5.10 Å². The highest BCUT2D eigenvalue weighted by atomic mass is 16.5. The number of carbonyl (C=O) groups is 1. The number of nitrogens with zero attached hydrogens (tertiary/aromatic N) is 2.